The van der Waals surface area contributed by atoms with Gasteiger partial charge in [-0.2, -0.15) is 0 Å². The minimum absolute atomic E-state index is 0.0482. The molecule has 2 amide bonds. The first kappa shape index (κ1) is 25.2. The monoisotopic (exact) mass is 440 g/mol. The summed E-state index contributed by atoms with van der Waals surface area (Å²) in [5, 5.41) is 5.80. The van der Waals surface area contributed by atoms with Gasteiger partial charge in [0.05, 0.1) is 0 Å². The first-order chi connectivity index (χ1) is 15.6. The summed E-state index contributed by atoms with van der Waals surface area (Å²) in [6.45, 7) is 5.36. The van der Waals surface area contributed by atoms with Crippen molar-refractivity contribution in [3.63, 3.8) is 0 Å². The summed E-state index contributed by atoms with van der Waals surface area (Å²) in [5.41, 5.74) is 2.05. The molecule has 0 saturated carbocycles. The van der Waals surface area contributed by atoms with E-state index in [4.69, 9.17) is 9.47 Å². The quantitative estimate of drug-likeness (QED) is 0.404. The molecule has 6 heteroatoms. The number of benzene rings is 2. The third kappa shape index (κ3) is 10.3. The molecule has 2 aromatic rings. The van der Waals surface area contributed by atoms with Crippen molar-refractivity contribution in [1.82, 2.24) is 10.6 Å². The molecule has 0 bridgehead atoms. The molecule has 2 N–H and O–H groups in total. The van der Waals surface area contributed by atoms with Crippen LogP contribution in [0.4, 0.5) is 0 Å². The molecule has 6 nitrogen and oxygen atoms in total. The maximum Gasteiger partial charge on any atom is 0.257 e. The Balaban J connectivity index is 1.38. The van der Waals surface area contributed by atoms with E-state index in [-0.39, 0.29) is 25.0 Å². The fourth-order valence-corrected chi connectivity index (χ4v) is 3.24. The van der Waals surface area contributed by atoms with Crippen molar-refractivity contribution < 1.29 is 19.1 Å². The van der Waals surface area contributed by atoms with Crippen LogP contribution in [0.2, 0.25) is 0 Å². The highest BCUT2D eigenvalue weighted by Gasteiger charge is 2.05. The third-order valence-corrected chi connectivity index (χ3v) is 5.15. The van der Waals surface area contributed by atoms with Gasteiger partial charge in [0, 0.05) is 13.1 Å². The van der Waals surface area contributed by atoms with Gasteiger partial charge in [0.2, 0.25) is 0 Å². The van der Waals surface area contributed by atoms with E-state index in [0.717, 1.165) is 61.2 Å². The molecule has 0 aliphatic rings. The van der Waals surface area contributed by atoms with Crippen LogP contribution in [0.15, 0.2) is 48.5 Å². The number of carbonyl (C=O) groups excluding carboxylic acids is 2. The molecule has 0 atom stereocenters. The lowest BCUT2D eigenvalue weighted by atomic mass is 10.1. The Kier molecular flexibility index (Phi) is 11.7. The van der Waals surface area contributed by atoms with E-state index in [9.17, 15) is 9.59 Å². The summed E-state index contributed by atoms with van der Waals surface area (Å²) in [6, 6.07) is 15.3. The van der Waals surface area contributed by atoms with Crippen LogP contribution in [0.5, 0.6) is 11.5 Å². The number of rotatable bonds is 15. The van der Waals surface area contributed by atoms with Gasteiger partial charge in [-0.3, -0.25) is 9.59 Å². The van der Waals surface area contributed by atoms with Gasteiger partial charge < -0.3 is 20.1 Å². The van der Waals surface area contributed by atoms with Crippen molar-refractivity contribution in [2.45, 2.75) is 52.4 Å². The average molecular weight is 441 g/mol. The summed E-state index contributed by atoms with van der Waals surface area (Å²) < 4.78 is 11.1. The molecule has 0 radical (unpaired) electrons. The van der Waals surface area contributed by atoms with Crippen LogP contribution in [0.3, 0.4) is 0 Å². The zero-order valence-corrected chi connectivity index (χ0v) is 19.3. The Labute approximate surface area is 191 Å². The van der Waals surface area contributed by atoms with Crippen LogP contribution in [0, 0.1) is 13.8 Å². The van der Waals surface area contributed by atoms with Crippen molar-refractivity contribution in [2.75, 3.05) is 26.3 Å². The highest BCUT2D eigenvalue weighted by Crippen LogP contribution is 2.16. The number of hydrogen-bond acceptors (Lipinski definition) is 4. The second-order valence-corrected chi connectivity index (χ2v) is 7.93. The summed E-state index contributed by atoms with van der Waals surface area (Å²) in [6.07, 6.45) is 6.33. The minimum atomic E-state index is -0.0876. The Morgan fingerprint density at radius 3 is 1.41 bits per heavy atom. The standard InChI is InChI=1S/C26H36N2O4/c1-21-13-7-9-15-23(21)31-19-25(29)27-17-11-5-3-4-6-12-18-28-26(30)20-32-24-16-10-8-14-22(24)2/h7-10,13-16H,3-6,11-12,17-20H2,1-2H3,(H,27,29)(H,28,30). The van der Waals surface area contributed by atoms with Crippen LogP contribution in [0.25, 0.3) is 0 Å². The summed E-state index contributed by atoms with van der Waals surface area (Å²) in [7, 11) is 0. The molecule has 2 rings (SSSR count). The van der Waals surface area contributed by atoms with Crippen molar-refractivity contribution in [2.24, 2.45) is 0 Å². The van der Waals surface area contributed by atoms with Gasteiger partial charge in [-0.15, -0.1) is 0 Å². The van der Waals surface area contributed by atoms with Gasteiger partial charge in [-0.1, -0.05) is 62.1 Å². The lowest BCUT2D eigenvalue weighted by molar-refractivity contribution is -0.123. The van der Waals surface area contributed by atoms with E-state index in [0.29, 0.717) is 13.1 Å². The van der Waals surface area contributed by atoms with Gasteiger partial charge >= 0.3 is 0 Å². The van der Waals surface area contributed by atoms with Crippen LogP contribution in [-0.4, -0.2) is 38.1 Å². The number of para-hydroxylation sites is 2. The molecular formula is C26H36N2O4. The molecule has 0 unspecified atom stereocenters. The average Bonchev–Trinajstić information content (AvgIpc) is 2.79. The lowest BCUT2D eigenvalue weighted by Gasteiger charge is -2.10. The Morgan fingerprint density at radius 2 is 1.00 bits per heavy atom. The number of ether oxygens (including phenoxy) is 2. The number of hydrogen-bond donors (Lipinski definition) is 2. The number of amides is 2. The Hall–Kier alpha value is -3.02. The highest BCUT2D eigenvalue weighted by atomic mass is 16.5. The summed E-state index contributed by atoms with van der Waals surface area (Å²) in [4.78, 5) is 23.7. The van der Waals surface area contributed by atoms with Gasteiger partial charge in [-0.05, 0) is 49.9 Å². The largest absolute Gasteiger partial charge is 0.484 e. The SMILES string of the molecule is Cc1ccccc1OCC(=O)NCCCCCCCCNC(=O)COc1ccccc1C. The number of unbranched alkanes of at least 4 members (excludes halogenated alkanes) is 5. The molecule has 0 aliphatic carbocycles. The van der Waals surface area contributed by atoms with E-state index in [1.807, 2.05) is 62.4 Å². The van der Waals surface area contributed by atoms with E-state index in [1.54, 1.807) is 0 Å². The minimum Gasteiger partial charge on any atom is -0.484 e. The fraction of sp³-hybridized carbons (Fsp3) is 0.462. The second-order valence-electron chi connectivity index (χ2n) is 7.93. The van der Waals surface area contributed by atoms with Crippen LogP contribution < -0.4 is 20.1 Å². The summed E-state index contributed by atoms with van der Waals surface area (Å²) in [5.74, 6) is 1.32. The Morgan fingerprint density at radius 1 is 0.625 bits per heavy atom. The van der Waals surface area contributed by atoms with E-state index >= 15 is 0 Å². The molecule has 32 heavy (non-hydrogen) atoms. The van der Waals surface area contributed by atoms with Gasteiger partial charge in [0.1, 0.15) is 11.5 Å². The highest BCUT2D eigenvalue weighted by molar-refractivity contribution is 5.77. The zero-order valence-electron chi connectivity index (χ0n) is 19.3. The van der Waals surface area contributed by atoms with Gasteiger partial charge in [-0.25, -0.2) is 0 Å². The van der Waals surface area contributed by atoms with Crippen molar-refractivity contribution in [3.05, 3.63) is 59.7 Å². The molecule has 0 aliphatic heterocycles. The number of aryl methyl sites for hydroxylation is 2. The topological polar surface area (TPSA) is 76.7 Å². The molecule has 2 aromatic carbocycles. The molecule has 0 aromatic heterocycles. The number of carbonyl (C=O) groups is 2. The molecule has 0 spiro atoms. The van der Waals surface area contributed by atoms with Crippen molar-refractivity contribution in [1.29, 1.82) is 0 Å². The smallest absolute Gasteiger partial charge is 0.257 e. The molecule has 174 valence electrons. The van der Waals surface area contributed by atoms with Gasteiger partial charge in [0.15, 0.2) is 13.2 Å². The van der Waals surface area contributed by atoms with Crippen molar-refractivity contribution >= 4 is 11.8 Å². The Bertz CT molecular complexity index is 769. The van der Waals surface area contributed by atoms with Crippen molar-refractivity contribution in [3.8, 4) is 11.5 Å². The first-order valence-corrected chi connectivity index (χ1v) is 11.5. The normalized spacial score (nSPS) is 10.4. The fourth-order valence-electron chi connectivity index (χ4n) is 3.24. The molecular weight excluding hydrogens is 404 g/mol. The second kappa shape index (κ2) is 14.9. The third-order valence-electron chi connectivity index (χ3n) is 5.15. The molecule has 0 heterocycles. The van der Waals surface area contributed by atoms with Crippen LogP contribution in [-0.2, 0) is 9.59 Å². The maximum absolute atomic E-state index is 11.9. The van der Waals surface area contributed by atoms with E-state index in [1.165, 1.54) is 0 Å². The van der Waals surface area contributed by atoms with Gasteiger partial charge in [0.25, 0.3) is 11.8 Å². The molecule has 0 fully saturated rings. The first-order valence-electron chi connectivity index (χ1n) is 11.5. The van der Waals surface area contributed by atoms with E-state index in [2.05, 4.69) is 10.6 Å². The van der Waals surface area contributed by atoms with Crippen LogP contribution in [0.1, 0.15) is 49.7 Å². The lowest BCUT2D eigenvalue weighted by Crippen LogP contribution is -2.29. The summed E-state index contributed by atoms with van der Waals surface area (Å²) >= 11 is 0. The van der Waals surface area contributed by atoms with E-state index < -0.39 is 0 Å². The molecule has 0 saturated heterocycles. The predicted molar refractivity (Wildman–Crippen MR) is 127 cm³/mol. The maximum atomic E-state index is 11.9. The zero-order chi connectivity index (χ0) is 23.0. The van der Waals surface area contributed by atoms with Crippen LogP contribution >= 0.6 is 0 Å². The number of nitrogens with one attached hydrogen (secondary N) is 2. The predicted octanol–water partition coefficient (Wildman–Crippen LogP) is 4.33.